The van der Waals surface area contributed by atoms with Crippen molar-refractivity contribution in [3.05, 3.63) is 6.33 Å². The molecule has 7 heteroatoms. The Morgan fingerprint density at radius 1 is 0.846 bits per heavy atom. The molecule has 0 saturated heterocycles. The van der Waals surface area contributed by atoms with Crippen LogP contribution in [0.25, 0.3) is 0 Å². The number of halogens is 2. The summed E-state index contributed by atoms with van der Waals surface area (Å²) >= 11 is 13.1. The molecule has 1 aromatic heterocycles. The van der Waals surface area contributed by atoms with E-state index < -0.39 is 0 Å². The van der Waals surface area contributed by atoms with Gasteiger partial charge in [0.1, 0.15) is 6.33 Å². The van der Waals surface area contributed by atoms with Crippen molar-refractivity contribution in [2.75, 3.05) is 10.6 Å². The van der Waals surface area contributed by atoms with Crippen LogP contribution in [0.3, 0.4) is 0 Å². The van der Waals surface area contributed by atoms with Crippen LogP contribution in [-0.2, 0) is 0 Å². The van der Waals surface area contributed by atoms with E-state index in [1.54, 1.807) is 0 Å². The Kier molecular flexibility index (Phi) is 9.39. The third kappa shape index (κ3) is 7.43. The summed E-state index contributed by atoms with van der Waals surface area (Å²) in [6.07, 6.45) is 7.88. The number of rotatable bonds is 12. The fourth-order valence-corrected chi connectivity index (χ4v) is 3.06. The minimum atomic E-state index is -0.318. The zero-order valence-electron chi connectivity index (χ0n) is 17.1. The smallest absolute Gasteiger partial charge is 0.227 e. The highest BCUT2D eigenvalue weighted by atomic mass is 35.5. The minimum absolute atomic E-state index is 0.00617. The van der Waals surface area contributed by atoms with Crippen molar-refractivity contribution in [2.24, 2.45) is 0 Å². The van der Waals surface area contributed by atoms with Gasteiger partial charge in [-0.1, -0.05) is 39.5 Å². The highest BCUT2D eigenvalue weighted by molar-refractivity contribution is 6.21. The largest absolute Gasteiger partial charge is 0.348 e. The van der Waals surface area contributed by atoms with Crippen LogP contribution in [0.2, 0.25) is 0 Å². The Bertz CT molecular complexity index is 493. The van der Waals surface area contributed by atoms with Crippen molar-refractivity contribution in [2.45, 2.75) is 102 Å². The number of unbranched alkanes of at least 4 members (excludes halogenated alkanes) is 2. The number of hydrogen-bond donors (Lipinski definition) is 2. The topological polar surface area (TPSA) is 62.7 Å². The van der Waals surface area contributed by atoms with E-state index in [2.05, 4.69) is 67.1 Å². The van der Waals surface area contributed by atoms with E-state index in [9.17, 15) is 0 Å². The maximum atomic E-state index is 6.57. The summed E-state index contributed by atoms with van der Waals surface area (Å²) in [7, 11) is 0. The van der Waals surface area contributed by atoms with Gasteiger partial charge in [0.15, 0.2) is 0 Å². The van der Waals surface area contributed by atoms with Crippen LogP contribution < -0.4 is 10.6 Å². The normalized spacial score (nSPS) is 14.8. The lowest BCUT2D eigenvalue weighted by Gasteiger charge is -2.32. The fraction of sp³-hybridized carbons (Fsp3) is 0.842. The van der Waals surface area contributed by atoms with Gasteiger partial charge in [0.2, 0.25) is 11.9 Å². The summed E-state index contributed by atoms with van der Waals surface area (Å²) < 4.78 is 0. The van der Waals surface area contributed by atoms with Crippen molar-refractivity contribution >= 4 is 35.1 Å². The van der Waals surface area contributed by atoms with E-state index in [1.165, 1.54) is 6.33 Å². The highest BCUT2D eigenvalue weighted by Gasteiger charge is 2.30. The number of aromatic nitrogens is 3. The van der Waals surface area contributed by atoms with E-state index in [0.717, 1.165) is 38.5 Å². The monoisotopic (exact) mass is 403 g/mol. The first-order valence-electron chi connectivity index (χ1n) is 9.66. The molecule has 0 bridgehead atoms. The molecule has 2 N–H and O–H groups in total. The molecular weight excluding hydrogens is 369 g/mol. The second-order valence-electron chi connectivity index (χ2n) is 8.05. The molecule has 1 rings (SSSR count). The van der Waals surface area contributed by atoms with Crippen molar-refractivity contribution in [3.63, 3.8) is 0 Å². The summed E-state index contributed by atoms with van der Waals surface area (Å²) in [5.74, 6) is 1.04. The molecule has 150 valence electrons. The van der Waals surface area contributed by atoms with Gasteiger partial charge in [-0.2, -0.15) is 4.98 Å². The number of alkyl halides is 2. The highest BCUT2D eigenvalue weighted by Crippen LogP contribution is 2.26. The molecule has 1 aromatic rings. The molecular formula is C19H35Cl2N5. The quantitative estimate of drug-likeness (QED) is 0.428. The van der Waals surface area contributed by atoms with Gasteiger partial charge in [-0.25, -0.2) is 9.97 Å². The van der Waals surface area contributed by atoms with Gasteiger partial charge in [0.05, 0.1) is 21.8 Å². The van der Waals surface area contributed by atoms with Crippen LogP contribution >= 0.6 is 23.2 Å². The molecule has 0 saturated carbocycles. The van der Waals surface area contributed by atoms with Gasteiger partial charge in [-0.05, 0) is 40.5 Å². The molecule has 0 aromatic carbocycles. The maximum absolute atomic E-state index is 6.57. The molecule has 0 amide bonds. The molecule has 0 aliphatic rings. The standard InChI is InChI=1S/C19H35Cl2N5/c1-7-9-11-14(20)18(3,4)25-16-22-13-23-17(24-16)26-19(5,6)15(21)12-10-8-2/h13-15H,7-12H2,1-6H3,(H2,22,23,24,25,26). The minimum Gasteiger partial charge on any atom is -0.348 e. The van der Waals surface area contributed by atoms with Gasteiger partial charge >= 0.3 is 0 Å². The van der Waals surface area contributed by atoms with Crippen LogP contribution in [0.4, 0.5) is 11.9 Å². The number of anilines is 2. The van der Waals surface area contributed by atoms with E-state index in [-0.39, 0.29) is 21.8 Å². The first-order chi connectivity index (χ1) is 12.1. The average Bonchev–Trinajstić information content (AvgIpc) is 2.56. The second-order valence-corrected chi connectivity index (χ2v) is 9.10. The van der Waals surface area contributed by atoms with Crippen LogP contribution in [0.5, 0.6) is 0 Å². The molecule has 0 fully saturated rings. The van der Waals surface area contributed by atoms with Crippen LogP contribution in [0.1, 0.15) is 80.1 Å². The number of nitrogens with zero attached hydrogens (tertiary/aromatic N) is 3. The molecule has 5 nitrogen and oxygen atoms in total. The molecule has 2 atom stereocenters. The summed E-state index contributed by atoms with van der Waals surface area (Å²) in [5.41, 5.74) is -0.637. The van der Waals surface area contributed by atoms with Gasteiger partial charge in [-0.3, -0.25) is 0 Å². The van der Waals surface area contributed by atoms with E-state index in [0.29, 0.717) is 11.9 Å². The number of hydrogen-bond acceptors (Lipinski definition) is 5. The third-order valence-electron chi connectivity index (χ3n) is 4.63. The Morgan fingerprint density at radius 2 is 1.23 bits per heavy atom. The van der Waals surface area contributed by atoms with Gasteiger partial charge in [-0.15, -0.1) is 23.2 Å². The predicted molar refractivity (Wildman–Crippen MR) is 114 cm³/mol. The molecule has 26 heavy (non-hydrogen) atoms. The molecule has 2 unspecified atom stereocenters. The van der Waals surface area contributed by atoms with Crippen LogP contribution in [0.15, 0.2) is 6.33 Å². The second kappa shape index (κ2) is 10.5. The Hall–Kier alpha value is -0.810. The van der Waals surface area contributed by atoms with Gasteiger partial charge in [0, 0.05) is 0 Å². The first-order valence-corrected chi connectivity index (χ1v) is 10.5. The van der Waals surface area contributed by atoms with E-state index in [1.807, 2.05) is 0 Å². The summed E-state index contributed by atoms with van der Waals surface area (Å²) in [4.78, 5) is 13.0. The molecule has 0 aliphatic carbocycles. The lowest BCUT2D eigenvalue weighted by atomic mass is 9.96. The Morgan fingerprint density at radius 3 is 1.58 bits per heavy atom. The van der Waals surface area contributed by atoms with Crippen LogP contribution in [-0.4, -0.2) is 36.8 Å². The first kappa shape index (κ1) is 23.2. The lowest BCUT2D eigenvalue weighted by Crippen LogP contribution is -2.42. The zero-order chi connectivity index (χ0) is 19.8. The van der Waals surface area contributed by atoms with Gasteiger partial charge in [0.25, 0.3) is 0 Å². The van der Waals surface area contributed by atoms with Crippen molar-refractivity contribution in [1.29, 1.82) is 0 Å². The zero-order valence-corrected chi connectivity index (χ0v) is 18.6. The SMILES string of the molecule is CCCCC(Cl)C(C)(C)Nc1ncnc(NC(C)(C)C(Cl)CCCC)n1. The molecule has 0 radical (unpaired) electrons. The Labute approximate surface area is 169 Å². The van der Waals surface area contributed by atoms with Crippen LogP contribution in [0, 0.1) is 0 Å². The van der Waals surface area contributed by atoms with Crippen molar-refractivity contribution < 1.29 is 0 Å². The molecule has 0 spiro atoms. The summed E-state index contributed by atoms with van der Waals surface area (Å²) in [5, 5.41) is 6.69. The van der Waals surface area contributed by atoms with E-state index >= 15 is 0 Å². The summed E-state index contributed by atoms with van der Waals surface area (Å²) in [6, 6.07) is 0. The Balaban J connectivity index is 2.78. The maximum Gasteiger partial charge on any atom is 0.227 e. The predicted octanol–water partition coefficient (Wildman–Crippen LogP) is 5.85. The fourth-order valence-electron chi connectivity index (χ4n) is 2.64. The van der Waals surface area contributed by atoms with E-state index in [4.69, 9.17) is 23.2 Å². The van der Waals surface area contributed by atoms with Crippen molar-refractivity contribution in [1.82, 2.24) is 15.0 Å². The third-order valence-corrected chi connectivity index (χ3v) is 6.16. The average molecular weight is 404 g/mol. The number of nitrogens with one attached hydrogen (secondary N) is 2. The lowest BCUT2D eigenvalue weighted by molar-refractivity contribution is 0.484. The molecule has 0 aliphatic heterocycles. The summed E-state index contributed by atoms with van der Waals surface area (Å²) in [6.45, 7) is 12.6. The molecule has 1 heterocycles. The van der Waals surface area contributed by atoms with Gasteiger partial charge < -0.3 is 10.6 Å². The van der Waals surface area contributed by atoms with Crippen molar-refractivity contribution in [3.8, 4) is 0 Å².